The Morgan fingerprint density at radius 2 is 1.48 bits per heavy atom. The number of nitrogens with one attached hydrogen (secondary N) is 1. The second-order valence-corrected chi connectivity index (χ2v) is 15.9. The summed E-state index contributed by atoms with van der Waals surface area (Å²) in [6.45, 7) is 19.9. The summed E-state index contributed by atoms with van der Waals surface area (Å²) >= 11 is 0. The predicted molar refractivity (Wildman–Crippen MR) is 130 cm³/mol. The standard InChI is InChI=1S/C26H43NOSi/c1-20(2)29(21(3)4,22(5)6)19-18-24(27-25(28)26(7,8)9)17-13-16-23-14-11-10-12-15-23/h10-12,14-15,20-22,24H,13,16-17H2,1-9H3,(H,27,28)/t24-/m1/s1. The van der Waals surface area contributed by atoms with Crippen LogP contribution in [-0.4, -0.2) is 20.0 Å². The minimum absolute atomic E-state index is 0.0754. The number of hydrogen-bond acceptors (Lipinski definition) is 1. The van der Waals surface area contributed by atoms with Gasteiger partial charge >= 0.3 is 0 Å². The van der Waals surface area contributed by atoms with Crippen LogP contribution in [0.5, 0.6) is 0 Å². The third kappa shape index (κ3) is 7.34. The number of hydrogen-bond donors (Lipinski definition) is 1. The topological polar surface area (TPSA) is 29.1 Å². The molecular formula is C26H43NOSi. The van der Waals surface area contributed by atoms with E-state index in [1.54, 1.807) is 0 Å². The Bertz CT molecular complexity index is 667. The molecule has 0 saturated heterocycles. The lowest BCUT2D eigenvalue weighted by Crippen LogP contribution is -2.45. The highest BCUT2D eigenvalue weighted by molar-refractivity contribution is 6.90. The van der Waals surface area contributed by atoms with E-state index < -0.39 is 13.5 Å². The van der Waals surface area contributed by atoms with E-state index in [1.807, 2.05) is 20.8 Å². The molecule has 3 heteroatoms. The van der Waals surface area contributed by atoms with Gasteiger partial charge in [0, 0.05) is 5.41 Å². The summed E-state index contributed by atoms with van der Waals surface area (Å²) in [5.74, 6) is 3.66. The molecule has 162 valence electrons. The zero-order chi connectivity index (χ0) is 22.2. The van der Waals surface area contributed by atoms with Crippen molar-refractivity contribution in [1.82, 2.24) is 5.32 Å². The number of rotatable bonds is 8. The summed E-state index contributed by atoms with van der Waals surface area (Å²) in [6.07, 6.45) is 2.93. The van der Waals surface area contributed by atoms with Gasteiger partial charge in [-0.1, -0.05) is 98.6 Å². The van der Waals surface area contributed by atoms with Gasteiger partial charge < -0.3 is 5.32 Å². The number of carbonyl (C=O) groups excluding carboxylic acids is 1. The first-order chi connectivity index (χ1) is 13.4. The molecule has 0 fully saturated rings. The van der Waals surface area contributed by atoms with E-state index in [0.29, 0.717) is 16.6 Å². The maximum Gasteiger partial charge on any atom is 0.226 e. The van der Waals surface area contributed by atoms with Crippen LogP contribution in [-0.2, 0) is 11.2 Å². The molecule has 0 heterocycles. The van der Waals surface area contributed by atoms with Gasteiger partial charge in [-0.3, -0.25) is 4.79 Å². The van der Waals surface area contributed by atoms with Gasteiger partial charge in [-0.05, 0) is 41.4 Å². The van der Waals surface area contributed by atoms with Crippen LogP contribution in [0.4, 0.5) is 0 Å². The molecule has 1 aromatic rings. The lowest BCUT2D eigenvalue weighted by atomic mass is 9.94. The number of aryl methyl sites for hydroxylation is 1. The van der Waals surface area contributed by atoms with Gasteiger partial charge in [-0.25, -0.2) is 0 Å². The third-order valence-electron chi connectivity index (χ3n) is 6.12. The van der Waals surface area contributed by atoms with E-state index >= 15 is 0 Å². The fourth-order valence-corrected chi connectivity index (χ4v) is 9.65. The molecular weight excluding hydrogens is 370 g/mol. The number of benzene rings is 1. The highest BCUT2D eigenvalue weighted by Crippen LogP contribution is 2.40. The van der Waals surface area contributed by atoms with Crippen molar-refractivity contribution in [3.63, 3.8) is 0 Å². The normalized spacial score (nSPS) is 13.4. The Morgan fingerprint density at radius 1 is 0.966 bits per heavy atom. The summed E-state index contributed by atoms with van der Waals surface area (Å²) < 4.78 is 0. The van der Waals surface area contributed by atoms with Crippen LogP contribution in [0.2, 0.25) is 16.6 Å². The maximum absolute atomic E-state index is 12.7. The van der Waals surface area contributed by atoms with Crippen LogP contribution >= 0.6 is 0 Å². The van der Waals surface area contributed by atoms with Crippen LogP contribution in [0, 0.1) is 16.9 Å². The largest absolute Gasteiger partial charge is 0.342 e. The average Bonchev–Trinajstić information content (AvgIpc) is 2.61. The van der Waals surface area contributed by atoms with Crippen LogP contribution in [0.25, 0.3) is 0 Å². The first-order valence-corrected chi connectivity index (χ1v) is 13.5. The number of carbonyl (C=O) groups is 1. The van der Waals surface area contributed by atoms with E-state index in [2.05, 4.69) is 88.7 Å². The highest BCUT2D eigenvalue weighted by atomic mass is 28.3. The van der Waals surface area contributed by atoms with Crippen LogP contribution in [0.15, 0.2) is 30.3 Å². The van der Waals surface area contributed by atoms with Crippen molar-refractivity contribution in [3.8, 4) is 11.5 Å². The first-order valence-electron chi connectivity index (χ1n) is 11.3. The molecule has 0 radical (unpaired) electrons. The summed E-state index contributed by atoms with van der Waals surface area (Å²) in [7, 11) is -1.80. The van der Waals surface area contributed by atoms with Crippen molar-refractivity contribution in [2.75, 3.05) is 0 Å². The molecule has 1 aromatic carbocycles. The molecule has 0 unspecified atom stereocenters. The van der Waals surface area contributed by atoms with E-state index in [-0.39, 0.29) is 11.9 Å². The Labute approximate surface area is 181 Å². The summed E-state index contributed by atoms with van der Waals surface area (Å²) in [6, 6.07) is 10.5. The second-order valence-electron chi connectivity index (χ2n) is 10.3. The molecule has 2 nitrogen and oxygen atoms in total. The zero-order valence-corrected chi connectivity index (χ0v) is 21.2. The smallest absolute Gasteiger partial charge is 0.226 e. The van der Waals surface area contributed by atoms with Gasteiger partial charge in [0.1, 0.15) is 8.07 Å². The zero-order valence-electron chi connectivity index (χ0n) is 20.2. The molecule has 1 amide bonds. The molecule has 0 spiro atoms. The van der Waals surface area contributed by atoms with E-state index in [4.69, 9.17) is 0 Å². The molecule has 1 N–H and O–H groups in total. The van der Waals surface area contributed by atoms with Crippen LogP contribution in [0.1, 0.15) is 80.7 Å². The fraction of sp³-hybridized carbons (Fsp3) is 0.654. The summed E-state index contributed by atoms with van der Waals surface area (Å²) in [5, 5.41) is 3.24. The Hall–Kier alpha value is -1.53. The van der Waals surface area contributed by atoms with E-state index in [0.717, 1.165) is 19.3 Å². The first kappa shape index (κ1) is 25.5. The second kappa shape index (κ2) is 11.0. The van der Waals surface area contributed by atoms with Crippen molar-refractivity contribution >= 4 is 14.0 Å². The molecule has 0 aliphatic heterocycles. The van der Waals surface area contributed by atoms with Crippen molar-refractivity contribution in [1.29, 1.82) is 0 Å². The fourth-order valence-electron chi connectivity index (χ4n) is 4.36. The van der Waals surface area contributed by atoms with Crippen LogP contribution in [0.3, 0.4) is 0 Å². The van der Waals surface area contributed by atoms with E-state index in [9.17, 15) is 4.79 Å². The predicted octanol–water partition coefficient (Wildman–Crippen LogP) is 6.76. The molecule has 0 aliphatic rings. The van der Waals surface area contributed by atoms with Crippen molar-refractivity contribution < 1.29 is 4.79 Å². The van der Waals surface area contributed by atoms with Gasteiger partial charge in [0.2, 0.25) is 5.91 Å². The molecule has 0 saturated carbocycles. The molecule has 0 bridgehead atoms. The Kier molecular flexibility index (Phi) is 9.69. The van der Waals surface area contributed by atoms with Gasteiger partial charge in [0.15, 0.2) is 0 Å². The summed E-state index contributed by atoms with van der Waals surface area (Å²) in [5.41, 5.74) is 6.54. The van der Waals surface area contributed by atoms with Gasteiger partial charge in [0.25, 0.3) is 0 Å². The van der Waals surface area contributed by atoms with Gasteiger partial charge in [0.05, 0.1) is 6.04 Å². The minimum atomic E-state index is -1.80. The number of amides is 1. The monoisotopic (exact) mass is 413 g/mol. The lowest BCUT2D eigenvalue weighted by molar-refractivity contribution is -0.128. The van der Waals surface area contributed by atoms with Gasteiger partial charge in [-0.15, -0.1) is 5.54 Å². The Balaban J connectivity index is 3.07. The van der Waals surface area contributed by atoms with Crippen molar-refractivity contribution in [2.45, 2.75) is 104 Å². The van der Waals surface area contributed by atoms with E-state index in [1.165, 1.54) is 5.56 Å². The van der Waals surface area contributed by atoms with Crippen molar-refractivity contribution in [3.05, 3.63) is 35.9 Å². The maximum atomic E-state index is 12.7. The Morgan fingerprint density at radius 3 is 1.93 bits per heavy atom. The highest BCUT2D eigenvalue weighted by Gasteiger charge is 2.41. The minimum Gasteiger partial charge on any atom is -0.342 e. The lowest BCUT2D eigenvalue weighted by Gasteiger charge is -2.38. The molecule has 29 heavy (non-hydrogen) atoms. The average molecular weight is 414 g/mol. The van der Waals surface area contributed by atoms with Crippen molar-refractivity contribution in [2.24, 2.45) is 5.41 Å². The quantitative estimate of drug-likeness (QED) is 0.370. The molecule has 1 rings (SSSR count). The van der Waals surface area contributed by atoms with Gasteiger partial charge in [-0.2, -0.15) is 0 Å². The summed E-state index contributed by atoms with van der Waals surface area (Å²) in [4.78, 5) is 12.7. The molecule has 0 aliphatic carbocycles. The third-order valence-corrected chi connectivity index (χ3v) is 12.4. The van der Waals surface area contributed by atoms with Crippen LogP contribution < -0.4 is 5.32 Å². The SMILES string of the molecule is CC(C)[Si](C#C[C@@H](CCCc1ccccc1)NC(=O)C(C)(C)C)(C(C)C)C(C)C. The molecule has 1 atom stereocenters. The molecule has 0 aromatic heterocycles.